The number of aromatic nitrogens is 4. The lowest BCUT2D eigenvalue weighted by molar-refractivity contribution is 0.668. The Balaban J connectivity index is 0.886. The summed E-state index contributed by atoms with van der Waals surface area (Å²) in [5, 5.41) is 12.2. The zero-order valence-electron chi connectivity index (χ0n) is 36.8. The molecule has 0 atom stereocenters. The number of para-hydroxylation sites is 6. The van der Waals surface area contributed by atoms with Crippen molar-refractivity contribution in [2.45, 2.75) is 13.8 Å². The van der Waals surface area contributed by atoms with Crippen LogP contribution in [0.15, 0.2) is 211 Å². The Hall–Kier alpha value is -8.80. The molecule has 5 nitrogen and oxygen atoms in total. The zero-order valence-corrected chi connectivity index (χ0v) is 36.8. The number of hydrogen-bond donors (Lipinski definition) is 0. The molecular formula is C62H40N4O. The molecule has 0 unspecified atom stereocenters. The van der Waals surface area contributed by atoms with E-state index in [1.54, 1.807) is 0 Å². The average molecular weight is 857 g/mol. The van der Waals surface area contributed by atoms with Gasteiger partial charge in [0.15, 0.2) is 0 Å². The van der Waals surface area contributed by atoms with Crippen molar-refractivity contribution in [3.05, 3.63) is 217 Å². The lowest BCUT2D eigenvalue weighted by atomic mass is 10.1. The SMILES string of the molecule is Cc1cc(-n2c3ccccc3c3ccccc32)cc2c3ccccc3n(-c3ccc4c(c3)oc3cc(-n5c6ccccc6c6cc(-n7c8ccccc8c8ccccc87)cc(C)c65)ccc34)c12. The van der Waals surface area contributed by atoms with Gasteiger partial charge in [-0.05, 0) is 110 Å². The first-order chi connectivity index (χ1) is 33.1. The van der Waals surface area contributed by atoms with Gasteiger partial charge in [0.2, 0.25) is 0 Å². The highest BCUT2D eigenvalue weighted by Gasteiger charge is 2.22. The van der Waals surface area contributed by atoms with E-state index < -0.39 is 0 Å². The molecule has 314 valence electrons. The quantitative estimate of drug-likeness (QED) is 0.174. The fourth-order valence-corrected chi connectivity index (χ4v) is 11.8. The van der Waals surface area contributed by atoms with E-state index in [1.165, 1.54) is 98.4 Å². The molecule has 0 bridgehead atoms. The van der Waals surface area contributed by atoms with Crippen molar-refractivity contribution >= 4 is 109 Å². The maximum absolute atomic E-state index is 6.90. The molecule has 10 aromatic carbocycles. The summed E-state index contributed by atoms with van der Waals surface area (Å²) in [6, 6.07) is 75.4. The van der Waals surface area contributed by atoms with Crippen LogP contribution in [-0.2, 0) is 0 Å². The summed E-state index contributed by atoms with van der Waals surface area (Å²) in [6.07, 6.45) is 0. The fourth-order valence-electron chi connectivity index (χ4n) is 11.8. The maximum Gasteiger partial charge on any atom is 0.137 e. The third-order valence-corrected chi connectivity index (χ3v) is 14.5. The molecule has 15 rings (SSSR count). The van der Waals surface area contributed by atoms with E-state index in [1.807, 2.05) is 0 Å². The summed E-state index contributed by atoms with van der Waals surface area (Å²) in [6.45, 7) is 4.50. The second-order valence-electron chi connectivity index (χ2n) is 18.2. The number of aryl methyl sites for hydroxylation is 2. The number of nitrogens with zero attached hydrogens (tertiary/aromatic N) is 4. The summed E-state index contributed by atoms with van der Waals surface area (Å²) in [7, 11) is 0. The Kier molecular flexibility index (Phi) is 7.29. The summed E-state index contributed by atoms with van der Waals surface area (Å²) in [5.74, 6) is 0. The van der Waals surface area contributed by atoms with Crippen molar-refractivity contribution in [3.63, 3.8) is 0 Å². The number of furan rings is 1. The second-order valence-corrected chi connectivity index (χ2v) is 18.2. The van der Waals surface area contributed by atoms with Gasteiger partial charge in [-0.3, -0.25) is 0 Å². The smallest absolute Gasteiger partial charge is 0.137 e. The van der Waals surface area contributed by atoms with Crippen molar-refractivity contribution in [2.75, 3.05) is 0 Å². The van der Waals surface area contributed by atoms with Gasteiger partial charge < -0.3 is 22.7 Å². The van der Waals surface area contributed by atoms with E-state index >= 15 is 0 Å². The van der Waals surface area contributed by atoms with E-state index in [-0.39, 0.29) is 0 Å². The molecule has 5 heteroatoms. The second kappa shape index (κ2) is 13.4. The summed E-state index contributed by atoms with van der Waals surface area (Å²) in [5.41, 5.74) is 18.2. The predicted molar refractivity (Wildman–Crippen MR) is 281 cm³/mol. The minimum Gasteiger partial charge on any atom is -0.456 e. The van der Waals surface area contributed by atoms with Crippen LogP contribution in [0.2, 0.25) is 0 Å². The average Bonchev–Trinajstić information content (AvgIpc) is 4.17. The lowest BCUT2D eigenvalue weighted by Gasteiger charge is -2.13. The van der Waals surface area contributed by atoms with Gasteiger partial charge in [-0.2, -0.15) is 0 Å². The molecule has 0 spiro atoms. The van der Waals surface area contributed by atoms with Crippen LogP contribution in [0.25, 0.3) is 132 Å². The van der Waals surface area contributed by atoms with Crippen LogP contribution < -0.4 is 0 Å². The van der Waals surface area contributed by atoms with Crippen LogP contribution in [0.3, 0.4) is 0 Å². The molecule has 0 aliphatic carbocycles. The van der Waals surface area contributed by atoms with Gasteiger partial charge in [-0.25, -0.2) is 0 Å². The molecular weight excluding hydrogens is 817 g/mol. The number of rotatable bonds is 4. The van der Waals surface area contributed by atoms with Gasteiger partial charge in [0.05, 0.1) is 44.1 Å². The number of fused-ring (bicyclic) bond motifs is 15. The van der Waals surface area contributed by atoms with Crippen molar-refractivity contribution in [2.24, 2.45) is 0 Å². The van der Waals surface area contributed by atoms with Gasteiger partial charge in [-0.15, -0.1) is 0 Å². The first-order valence-electron chi connectivity index (χ1n) is 23.1. The van der Waals surface area contributed by atoms with E-state index in [2.05, 4.69) is 238 Å². The first-order valence-corrected chi connectivity index (χ1v) is 23.1. The molecule has 5 heterocycles. The van der Waals surface area contributed by atoms with Crippen molar-refractivity contribution < 1.29 is 4.42 Å². The van der Waals surface area contributed by atoms with Crippen LogP contribution in [0.1, 0.15) is 11.1 Å². The van der Waals surface area contributed by atoms with Gasteiger partial charge >= 0.3 is 0 Å². The van der Waals surface area contributed by atoms with Crippen LogP contribution in [0, 0.1) is 13.8 Å². The molecule has 0 aliphatic heterocycles. The van der Waals surface area contributed by atoms with E-state index in [0.717, 1.165) is 44.7 Å². The largest absolute Gasteiger partial charge is 0.456 e. The molecule has 0 saturated heterocycles. The summed E-state index contributed by atoms with van der Waals surface area (Å²) >= 11 is 0. The molecule has 0 aliphatic rings. The normalized spacial score (nSPS) is 12.3. The van der Waals surface area contributed by atoms with E-state index in [4.69, 9.17) is 4.42 Å². The van der Waals surface area contributed by atoms with E-state index in [0.29, 0.717) is 0 Å². The van der Waals surface area contributed by atoms with Crippen LogP contribution >= 0.6 is 0 Å². The molecule has 5 aromatic heterocycles. The summed E-state index contributed by atoms with van der Waals surface area (Å²) < 4.78 is 16.6. The highest BCUT2D eigenvalue weighted by atomic mass is 16.3. The van der Waals surface area contributed by atoms with Gasteiger partial charge in [0.25, 0.3) is 0 Å². The minimum absolute atomic E-state index is 0.865. The van der Waals surface area contributed by atoms with Gasteiger partial charge in [0, 0.05) is 88.7 Å². The Morgan fingerprint density at radius 2 is 0.552 bits per heavy atom. The van der Waals surface area contributed by atoms with Gasteiger partial charge in [0.1, 0.15) is 11.2 Å². The number of hydrogen-bond acceptors (Lipinski definition) is 1. The van der Waals surface area contributed by atoms with Crippen molar-refractivity contribution in [3.8, 4) is 22.7 Å². The highest BCUT2D eigenvalue weighted by molar-refractivity contribution is 6.16. The first kappa shape index (κ1) is 36.5. The summed E-state index contributed by atoms with van der Waals surface area (Å²) in [4.78, 5) is 0. The predicted octanol–water partition coefficient (Wildman–Crippen LogP) is 16.6. The zero-order chi connectivity index (χ0) is 44.1. The van der Waals surface area contributed by atoms with E-state index in [9.17, 15) is 0 Å². The minimum atomic E-state index is 0.865. The molecule has 0 fully saturated rings. The van der Waals surface area contributed by atoms with Gasteiger partial charge in [-0.1, -0.05) is 109 Å². The van der Waals surface area contributed by atoms with Crippen LogP contribution in [-0.4, -0.2) is 18.3 Å². The molecule has 0 amide bonds. The fraction of sp³-hybridized carbons (Fsp3) is 0.0323. The maximum atomic E-state index is 6.90. The van der Waals surface area contributed by atoms with Crippen molar-refractivity contribution in [1.29, 1.82) is 0 Å². The monoisotopic (exact) mass is 856 g/mol. The lowest BCUT2D eigenvalue weighted by Crippen LogP contribution is -1.98. The Bertz CT molecular complexity index is 4210. The van der Waals surface area contributed by atoms with Crippen LogP contribution in [0.5, 0.6) is 0 Å². The standard InChI is InChI=1S/C62H40N4O/c1-37-31-41(63-53-21-9-3-15-43(53)44-16-4-10-22-54(44)63)33-51-47-19-7-13-25-57(47)65(61(37)51)39-27-29-49-50-30-28-40(36-60(50)67-59(49)35-39)66-58-26-14-8-20-48(58)52-34-42(32-38(2)62(52)66)64-55-23-11-5-17-45(55)46-18-6-12-24-56(46)64/h3-36H,1-2H3. The molecule has 67 heavy (non-hydrogen) atoms. The Morgan fingerprint density at radius 1 is 0.254 bits per heavy atom. The Morgan fingerprint density at radius 3 is 0.896 bits per heavy atom. The third-order valence-electron chi connectivity index (χ3n) is 14.5. The Labute approximate surface area is 384 Å². The van der Waals surface area contributed by atoms with Crippen molar-refractivity contribution in [1.82, 2.24) is 18.3 Å². The topological polar surface area (TPSA) is 32.9 Å². The number of benzene rings is 10. The molecule has 0 N–H and O–H groups in total. The third kappa shape index (κ3) is 4.97. The molecule has 0 radical (unpaired) electrons. The highest BCUT2D eigenvalue weighted by Crippen LogP contribution is 2.42. The van der Waals surface area contributed by atoms with Crippen LogP contribution in [0.4, 0.5) is 0 Å². The molecule has 0 saturated carbocycles. The molecule has 15 aromatic rings.